The largest absolute Gasteiger partial charge is 0.378 e. The summed E-state index contributed by atoms with van der Waals surface area (Å²) in [7, 11) is 1.87. The second kappa shape index (κ2) is 8.26. The molecule has 3 atom stereocenters. The van der Waals surface area contributed by atoms with E-state index in [0.717, 1.165) is 25.4 Å². The monoisotopic (exact) mass is 448 g/mol. The van der Waals surface area contributed by atoms with Crippen molar-refractivity contribution in [2.45, 2.75) is 31.8 Å². The van der Waals surface area contributed by atoms with Crippen LogP contribution in [-0.2, 0) is 4.74 Å². The van der Waals surface area contributed by atoms with E-state index in [4.69, 9.17) is 15.0 Å². The van der Waals surface area contributed by atoms with Gasteiger partial charge in [-0.2, -0.15) is 19.9 Å². The number of ether oxygens (including phenoxy) is 1. The summed E-state index contributed by atoms with van der Waals surface area (Å²) in [6.07, 6.45) is 5.56. The van der Waals surface area contributed by atoms with Gasteiger partial charge in [-0.1, -0.05) is 36.2 Å². The van der Waals surface area contributed by atoms with Gasteiger partial charge < -0.3 is 24.8 Å². The first kappa shape index (κ1) is 20.3. The third-order valence-corrected chi connectivity index (χ3v) is 7.17. The molecule has 0 amide bonds. The molecule has 3 fully saturated rings. The fraction of sp³-hybridized carbons (Fsp3) is 0.522. The summed E-state index contributed by atoms with van der Waals surface area (Å²) in [6.45, 7) is 2.74. The van der Waals surface area contributed by atoms with Crippen LogP contribution in [0.15, 0.2) is 34.9 Å². The molecule has 33 heavy (non-hydrogen) atoms. The lowest BCUT2D eigenvalue weighted by atomic mass is 10.2. The third-order valence-electron chi connectivity index (χ3n) is 7.17. The number of piperidine rings is 1. The summed E-state index contributed by atoms with van der Waals surface area (Å²) in [5.74, 6) is 3.11. The highest BCUT2D eigenvalue weighted by molar-refractivity contribution is 5.59. The van der Waals surface area contributed by atoms with E-state index in [9.17, 15) is 0 Å². The Labute approximate surface area is 192 Å². The SMILES string of the molecule is CN(c1ccccc1)c1nc(N)nc(-c2noc(N3C[C@@H]4C(COC5CCCC5)[C@@H]4C3)n2)n1. The Balaban J connectivity index is 1.11. The average molecular weight is 449 g/mol. The number of nitrogen functional groups attached to an aromatic ring is 1. The number of nitrogens with zero attached hydrogens (tertiary/aromatic N) is 7. The van der Waals surface area contributed by atoms with E-state index in [1.165, 1.54) is 25.7 Å². The summed E-state index contributed by atoms with van der Waals surface area (Å²) in [5, 5.41) is 4.11. The van der Waals surface area contributed by atoms with Crippen LogP contribution in [0, 0.1) is 17.8 Å². The van der Waals surface area contributed by atoms with Crippen LogP contribution < -0.4 is 15.5 Å². The summed E-state index contributed by atoms with van der Waals surface area (Å²) >= 11 is 0. The van der Waals surface area contributed by atoms with Crippen molar-refractivity contribution >= 4 is 23.6 Å². The second-order valence-electron chi connectivity index (χ2n) is 9.25. The quantitative estimate of drug-likeness (QED) is 0.578. The molecule has 172 valence electrons. The Kier molecular flexibility index (Phi) is 5.09. The predicted molar refractivity (Wildman–Crippen MR) is 123 cm³/mol. The minimum Gasteiger partial charge on any atom is -0.378 e. The number of fused-ring (bicyclic) bond motifs is 1. The first-order chi connectivity index (χ1) is 16.2. The molecule has 3 aromatic rings. The summed E-state index contributed by atoms with van der Waals surface area (Å²) in [6, 6.07) is 10.3. The lowest BCUT2D eigenvalue weighted by Crippen LogP contribution is -2.25. The predicted octanol–water partition coefficient (Wildman–Crippen LogP) is 2.91. The number of hydrogen-bond acceptors (Lipinski definition) is 10. The highest BCUT2D eigenvalue weighted by Crippen LogP contribution is 2.52. The van der Waals surface area contributed by atoms with Crippen LogP contribution in [0.2, 0.25) is 0 Å². The molecule has 6 rings (SSSR count). The van der Waals surface area contributed by atoms with Gasteiger partial charge in [0, 0.05) is 25.8 Å². The molecular formula is C23H28N8O2. The molecule has 1 aliphatic heterocycles. The molecule has 2 saturated carbocycles. The molecule has 1 aromatic carbocycles. The molecule has 1 unspecified atom stereocenters. The summed E-state index contributed by atoms with van der Waals surface area (Å²) < 4.78 is 11.7. The molecule has 0 bridgehead atoms. The zero-order chi connectivity index (χ0) is 22.4. The number of rotatable bonds is 7. The van der Waals surface area contributed by atoms with Crippen LogP contribution in [0.4, 0.5) is 23.6 Å². The van der Waals surface area contributed by atoms with Gasteiger partial charge in [-0.05, 0) is 42.7 Å². The topological polar surface area (TPSA) is 119 Å². The van der Waals surface area contributed by atoms with Crippen LogP contribution in [0.1, 0.15) is 25.7 Å². The smallest absolute Gasteiger partial charge is 0.324 e. The van der Waals surface area contributed by atoms with Gasteiger partial charge in [0.2, 0.25) is 23.5 Å². The normalized spacial score (nSPS) is 24.3. The maximum absolute atomic E-state index is 6.13. The fourth-order valence-corrected chi connectivity index (χ4v) is 5.19. The molecule has 3 aliphatic rings. The molecule has 1 saturated heterocycles. The summed E-state index contributed by atoms with van der Waals surface area (Å²) in [4.78, 5) is 21.6. The van der Waals surface area contributed by atoms with Crippen LogP contribution >= 0.6 is 0 Å². The van der Waals surface area contributed by atoms with Crippen molar-refractivity contribution in [3.63, 3.8) is 0 Å². The van der Waals surface area contributed by atoms with Gasteiger partial charge in [0.05, 0.1) is 12.7 Å². The zero-order valence-electron chi connectivity index (χ0n) is 18.7. The Bertz CT molecular complexity index is 1100. The van der Waals surface area contributed by atoms with Crippen molar-refractivity contribution in [2.24, 2.45) is 17.8 Å². The maximum Gasteiger partial charge on any atom is 0.324 e. The second-order valence-corrected chi connectivity index (χ2v) is 9.25. The lowest BCUT2D eigenvalue weighted by Gasteiger charge is -2.18. The maximum atomic E-state index is 6.13. The van der Waals surface area contributed by atoms with Gasteiger partial charge in [-0.15, -0.1) is 0 Å². The number of para-hydroxylation sites is 1. The lowest BCUT2D eigenvalue weighted by molar-refractivity contribution is 0.0461. The summed E-state index contributed by atoms with van der Waals surface area (Å²) in [5.41, 5.74) is 6.89. The molecule has 0 radical (unpaired) electrons. The Morgan fingerprint density at radius 2 is 1.79 bits per heavy atom. The molecule has 0 spiro atoms. The van der Waals surface area contributed by atoms with E-state index >= 15 is 0 Å². The van der Waals surface area contributed by atoms with Crippen LogP contribution in [0.5, 0.6) is 0 Å². The van der Waals surface area contributed by atoms with Gasteiger partial charge in [-0.3, -0.25) is 0 Å². The van der Waals surface area contributed by atoms with Crippen molar-refractivity contribution in [3.05, 3.63) is 30.3 Å². The number of anilines is 4. The average Bonchev–Trinajstić information content (AvgIpc) is 3.38. The Hall–Kier alpha value is -3.27. The molecule has 3 heterocycles. The van der Waals surface area contributed by atoms with E-state index in [0.29, 0.717) is 47.5 Å². The number of nitrogens with two attached hydrogens (primary N) is 1. The van der Waals surface area contributed by atoms with Gasteiger partial charge in [0.25, 0.3) is 0 Å². The molecular weight excluding hydrogens is 420 g/mol. The first-order valence-electron chi connectivity index (χ1n) is 11.7. The fourth-order valence-electron chi connectivity index (χ4n) is 5.19. The van der Waals surface area contributed by atoms with Crippen molar-refractivity contribution in [1.29, 1.82) is 0 Å². The number of aromatic nitrogens is 5. The van der Waals surface area contributed by atoms with E-state index < -0.39 is 0 Å². The van der Waals surface area contributed by atoms with Gasteiger partial charge in [0.1, 0.15) is 0 Å². The van der Waals surface area contributed by atoms with Gasteiger partial charge in [-0.25, -0.2) is 0 Å². The molecule has 10 heteroatoms. The first-order valence-corrected chi connectivity index (χ1v) is 11.7. The number of benzene rings is 1. The minimum atomic E-state index is 0.108. The van der Waals surface area contributed by atoms with Crippen LogP contribution in [0.25, 0.3) is 11.6 Å². The molecule has 10 nitrogen and oxygen atoms in total. The van der Waals surface area contributed by atoms with Crippen LogP contribution in [-0.4, -0.2) is 57.9 Å². The van der Waals surface area contributed by atoms with Gasteiger partial charge >= 0.3 is 6.01 Å². The number of hydrogen-bond donors (Lipinski definition) is 1. The minimum absolute atomic E-state index is 0.108. The van der Waals surface area contributed by atoms with Crippen molar-refractivity contribution < 1.29 is 9.26 Å². The van der Waals surface area contributed by atoms with E-state index in [1.807, 2.05) is 42.3 Å². The third kappa shape index (κ3) is 3.99. The van der Waals surface area contributed by atoms with Gasteiger partial charge in [0.15, 0.2) is 0 Å². The molecule has 2 aromatic heterocycles. The van der Waals surface area contributed by atoms with E-state index in [1.54, 1.807) is 0 Å². The van der Waals surface area contributed by atoms with Crippen molar-refractivity contribution in [3.8, 4) is 11.6 Å². The molecule has 2 N–H and O–H groups in total. The Morgan fingerprint density at radius 1 is 1.03 bits per heavy atom. The van der Waals surface area contributed by atoms with Crippen LogP contribution in [0.3, 0.4) is 0 Å². The van der Waals surface area contributed by atoms with E-state index in [2.05, 4.69) is 30.0 Å². The zero-order valence-corrected chi connectivity index (χ0v) is 18.7. The molecule has 2 aliphatic carbocycles. The highest BCUT2D eigenvalue weighted by Gasteiger charge is 2.56. The standard InChI is InChI=1S/C23H28N8O2/c1-30(14-7-3-2-4-8-14)22-26-19(25-21(24)28-22)20-27-23(33-29-20)31-11-16-17(12-31)18(16)13-32-15-9-5-6-10-15/h2-4,7-8,15-18H,5-6,9-13H2,1H3,(H2,24,25,26,28)/t16-,17+,18?. The highest BCUT2D eigenvalue weighted by atomic mass is 16.5. The Morgan fingerprint density at radius 3 is 2.55 bits per heavy atom. The van der Waals surface area contributed by atoms with Crippen molar-refractivity contribution in [2.75, 3.05) is 42.3 Å². The van der Waals surface area contributed by atoms with E-state index in [-0.39, 0.29) is 5.95 Å². The van der Waals surface area contributed by atoms with Crippen molar-refractivity contribution in [1.82, 2.24) is 25.1 Å².